The minimum absolute atomic E-state index is 0. The van der Waals surface area contributed by atoms with Crippen LogP contribution in [0, 0.1) is 0 Å². The monoisotopic (exact) mass is 336 g/mol. The van der Waals surface area contributed by atoms with Gasteiger partial charge in [0.15, 0.2) is 0 Å². The molecule has 0 saturated heterocycles. The molecule has 0 aromatic carbocycles. The lowest BCUT2D eigenvalue weighted by Gasteiger charge is -2.22. The van der Waals surface area contributed by atoms with Gasteiger partial charge in [-0.05, 0) is 24.3 Å². The predicted octanol–water partition coefficient (Wildman–Crippen LogP) is 1.65. The van der Waals surface area contributed by atoms with Gasteiger partial charge in [0.25, 0.3) is 5.91 Å². The molecular formula is C16H21ClN4O2. The maximum atomic E-state index is 12.7. The van der Waals surface area contributed by atoms with Crippen LogP contribution in [-0.2, 0) is 17.8 Å². The molecule has 7 heteroatoms. The zero-order chi connectivity index (χ0) is 15.8. The first kappa shape index (κ1) is 19.0. The van der Waals surface area contributed by atoms with E-state index in [1.807, 2.05) is 18.2 Å². The fourth-order valence-electron chi connectivity index (χ4n) is 2.05. The third kappa shape index (κ3) is 5.59. The lowest BCUT2D eigenvalue weighted by atomic mass is 10.2. The maximum Gasteiger partial charge on any atom is 0.254 e. The standard InChI is InChI=1S/C16H20N4O2.ClH/c1-22-9-8-20(12-14-4-2-3-6-18-14)16(21)13-5-7-19-15(10-13)11-17;/h2-7,10H,8-9,11-12,17H2,1H3;1H. The number of methoxy groups -OCH3 is 1. The maximum absolute atomic E-state index is 12.7. The predicted molar refractivity (Wildman–Crippen MR) is 90.2 cm³/mol. The van der Waals surface area contributed by atoms with Gasteiger partial charge < -0.3 is 15.4 Å². The first-order valence-corrected chi connectivity index (χ1v) is 7.07. The average molecular weight is 337 g/mol. The highest BCUT2D eigenvalue weighted by molar-refractivity contribution is 5.94. The van der Waals surface area contributed by atoms with Crippen LogP contribution in [0.15, 0.2) is 42.7 Å². The quantitative estimate of drug-likeness (QED) is 0.831. The van der Waals surface area contributed by atoms with Gasteiger partial charge in [-0.3, -0.25) is 14.8 Å². The molecule has 6 nitrogen and oxygen atoms in total. The van der Waals surface area contributed by atoms with Crippen molar-refractivity contribution in [2.24, 2.45) is 5.73 Å². The topological polar surface area (TPSA) is 81.3 Å². The number of carbonyl (C=O) groups excluding carboxylic acids is 1. The molecule has 23 heavy (non-hydrogen) atoms. The Morgan fingerprint density at radius 1 is 1.22 bits per heavy atom. The summed E-state index contributed by atoms with van der Waals surface area (Å²) >= 11 is 0. The number of hydrogen-bond acceptors (Lipinski definition) is 5. The highest BCUT2D eigenvalue weighted by Crippen LogP contribution is 2.09. The summed E-state index contributed by atoms with van der Waals surface area (Å²) in [5, 5.41) is 0. The molecule has 0 saturated carbocycles. The summed E-state index contributed by atoms with van der Waals surface area (Å²) in [6.45, 7) is 1.70. The van der Waals surface area contributed by atoms with Crippen molar-refractivity contribution in [3.05, 3.63) is 59.7 Å². The van der Waals surface area contributed by atoms with Gasteiger partial charge in [-0.15, -0.1) is 12.4 Å². The number of halogens is 1. The largest absolute Gasteiger partial charge is 0.383 e. The van der Waals surface area contributed by atoms with Crippen molar-refractivity contribution in [2.75, 3.05) is 20.3 Å². The van der Waals surface area contributed by atoms with Crippen LogP contribution in [0.2, 0.25) is 0 Å². The second kappa shape index (κ2) is 9.89. The zero-order valence-electron chi connectivity index (χ0n) is 13.0. The van der Waals surface area contributed by atoms with E-state index in [1.165, 1.54) is 0 Å². The Morgan fingerprint density at radius 3 is 2.65 bits per heavy atom. The van der Waals surface area contributed by atoms with Crippen molar-refractivity contribution in [2.45, 2.75) is 13.1 Å². The van der Waals surface area contributed by atoms with E-state index in [-0.39, 0.29) is 18.3 Å². The average Bonchev–Trinajstić information content (AvgIpc) is 2.59. The first-order chi connectivity index (χ1) is 10.7. The number of ether oxygens (including phenoxy) is 1. The Kier molecular flexibility index (Phi) is 8.18. The van der Waals surface area contributed by atoms with E-state index in [2.05, 4.69) is 9.97 Å². The third-order valence-corrected chi connectivity index (χ3v) is 3.20. The van der Waals surface area contributed by atoms with E-state index >= 15 is 0 Å². The minimum atomic E-state index is -0.0835. The summed E-state index contributed by atoms with van der Waals surface area (Å²) in [7, 11) is 1.61. The Bertz CT molecular complexity index is 610. The van der Waals surface area contributed by atoms with Crippen LogP contribution < -0.4 is 5.73 Å². The molecular weight excluding hydrogens is 316 g/mol. The van der Waals surface area contributed by atoms with Crippen LogP contribution in [0.5, 0.6) is 0 Å². The van der Waals surface area contributed by atoms with Crippen molar-refractivity contribution in [1.29, 1.82) is 0 Å². The number of carbonyl (C=O) groups is 1. The van der Waals surface area contributed by atoms with Crippen molar-refractivity contribution < 1.29 is 9.53 Å². The van der Waals surface area contributed by atoms with Gasteiger partial charge in [0.05, 0.1) is 24.5 Å². The number of rotatable bonds is 7. The lowest BCUT2D eigenvalue weighted by molar-refractivity contribution is 0.0677. The Labute approximate surface area is 142 Å². The Hall–Kier alpha value is -2.02. The van der Waals surface area contributed by atoms with E-state index < -0.39 is 0 Å². The number of amides is 1. The molecule has 0 radical (unpaired) electrons. The van der Waals surface area contributed by atoms with Crippen LogP contribution >= 0.6 is 12.4 Å². The van der Waals surface area contributed by atoms with Crippen LogP contribution in [0.1, 0.15) is 21.7 Å². The molecule has 1 amide bonds. The van der Waals surface area contributed by atoms with E-state index in [1.54, 1.807) is 36.5 Å². The number of aromatic nitrogens is 2. The number of nitrogens with zero attached hydrogens (tertiary/aromatic N) is 3. The SMILES string of the molecule is COCCN(Cc1ccccn1)C(=O)c1ccnc(CN)c1.Cl. The van der Waals surface area contributed by atoms with Gasteiger partial charge in [0.2, 0.25) is 0 Å². The van der Waals surface area contributed by atoms with Crippen LogP contribution in [0.25, 0.3) is 0 Å². The first-order valence-electron chi connectivity index (χ1n) is 7.07. The van der Waals surface area contributed by atoms with Gasteiger partial charge in [0, 0.05) is 38.2 Å². The molecule has 0 spiro atoms. The van der Waals surface area contributed by atoms with Crippen molar-refractivity contribution in [1.82, 2.24) is 14.9 Å². The number of pyridine rings is 2. The van der Waals surface area contributed by atoms with Crippen molar-refractivity contribution in [3.8, 4) is 0 Å². The smallest absolute Gasteiger partial charge is 0.254 e. The molecule has 0 aliphatic carbocycles. The minimum Gasteiger partial charge on any atom is -0.383 e. The van der Waals surface area contributed by atoms with Gasteiger partial charge in [-0.2, -0.15) is 0 Å². The number of hydrogen-bond donors (Lipinski definition) is 1. The summed E-state index contributed by atoms with van der Waals surface area (Å²) in [5.41, 5.74) is 7.68. The molecule has 2 rings (SSSR count). The molecule has 0 aliphatic heterocycles. The normalized spacial score (nSPS) is 10.0. The molecule has 0 atom stereocenters. The van der Waals surface area contributed by atoms with E-state index in [4.69, 9.17) is 10.5 Å². The molecule has 2 aromatic rings. The molecule has 124 valence electrons. The molecule has 0 fully saturated rings. The molecule has 0 aliphatic rings. The van der Waals surface area contributed by atoms with E-state index in [9.17, 15) is 4.79 Å². The third-order valence-electron chi connectivity index (χ3n) is 3.20. The highest BCUT2D eigenvalue weighted by Gasteiger charge is 2.17. The fraction of sp³-hybridized carbons (Fsp3) is 0.312. The van der Waals surface area contributed by atoms with Gasteiger partial charge in [-0.1, -0.05) is 6.07 Å². The molecule has 2 aromatic heterocycles. The Balaban J connectivity index is 0.00000264. The van der Waals surface area contributed by atoms with Gasteiger partial charge >= 0.3 is 0 Å². The molecule has 2 N–H and O–H groups in total. The fourth-order valence-corrected chi connectivity index (χ4v) is 2.05. The summed E-state index contributed by atoms with van der Waals surface area (Å²) < 4.78 is 5.09. The van der Waals surface area contributed by atoms with E-state index in [0.29, 0.717) is 37.5 Å². The summed E-state index contributed by atoms with van der Waals surface area (Å²) in [6, 6.07) is 9.06. The molecule has 0 bridgehead atoms. The zero-order valence-corrected chi connectivity index (χ0v) is 13.8. The van der Waals surface area contributed by atoms with Crippen LogP contribution in [-0.4, -0.2) is 41.0 Å². The Morgan fingerprint density at radius 2 is 2.00 bits per heavy atom. The lowest BCUT2D eigenvalue weighted by Crippen LogP contribution is -2.33. The van der Waals surface area contributed by atoms with Crippen LogP contribution in [0.3, 0.4) is 0 Å². The summed E-state index contributed by atoms with van der Waals surface area (Å²) in [6.07, 6.45) is 3.32. The summed E-state index contributed by atoms with van der Waals surface area (Å²) in [4.78, 5) is 22.8. The van der Waals surface area contributed by atoms with E-state index in [0.717, 1.165) is 5.69 Å². The second-order valence-electron chi connectivity index (χ2n) is 4.78. The van der Waals surface area contributed by atoms with Crippen molar-refractivity contribution in [3.63, 3.8) is 0 Å². The highest BCUT2D eigenvalue weighted by atomic mass is 35.5. The van der Waals surface area contributed by atoms with Crippen LogP contribution in [0.4, 0.5) is 0 Å². The second-order valence-corrected chi connectivity index (χ2v) is 4.78. The van der Waals surface area contributed by atoms with Gasteiger partial charge in [-0.25, -0.2) is 0 Å². The number of nitrogens with two attached hydrogens (primary N) is 1. The summed E-state index contributed by atoms with van der Waals surface area (Å²) in [5.74, 6) is -0.0835. The van der Waals surface area contributed by atoms with Gasteiger partial charge in [0.1, 0.15) is 0 Å². The molecule has 2 heterocycles. The van der Waals surface area contributed by atoms with Crippen molar-refractivity contribution >= 4 is 18.3 Å². The molecule has 0 unspecified atom stereocenters.